The Morgan fingerprint density at radius 2 is 1.79 bits per heavy atom. The summed E-state index contributed by atoms with van der Waals surface area (Å²) in [6, 6.07) is 12.9. The summed E-state index contributed by atoms with van der Waals surface area (Å²) < 4.78 is 0.915. The number of aliphatic hydroxyl groups is 1. The average molecular weight is 360 g/mol. The molecule has 2 rings (SSSR count). The van der Waals surface area contributed by atoms with Crippen LogP contribution in [0.25, 0.3) is 0 Å². The van der Waals surface area contributed by atoms with Crippen LogP contribution in [0.2, 0.25) is 10.0 Å². The summed E-state index contributed by atoms with van der Waals surface area (Å²) in [6.07, 6.45) is 0.406. The van der Waals surface area contributed by atoms with Crippen molar-refractivity contribution in [3.05, 3.63) is 68.1 Å². The van der Waals surface area contributed by atoms with Crippen molar-refractivity contribution in [2.24, 2.45) is 0 Å². The molecule has 0 amide bonds. The standard InChI is InChI=1S/C15H13BrCl2O/c1-15(19,12-4-2-3-5-13(12)17)9-10-6-7-11(16)8-14(10)18/h2-8,19H,9H2,1H3. The molecule has 0 aliphatic rings. The molecule has 0 spiro atoms. The highest BCUT2D eigenvalue weighted by molar-refractivity contribution is 9.10. The van der Waals surface area contributed by atoms with E-state index in [2.05, 4.69) is 15.9 Å². The molecule has 0 aromatic heterocycles. The quantitative estimate of drug-likeness (QED) is 0.797. The molecule has 1 nitrogen and oxygen atoms in total. The van der Waals surface area contributed by atoms with Crippen LogP contribution in [0.4, 0.5) is 0 Å². The van der Waals surface area contributed by atoms with E-state index in [0.717, 1.165) is 10.0 Å². The van der Waals surface area contributed by atoms with Gasteiger partial charge in [0, 0.05) is 26.5 Å². The van der Waals surface area contributed by atoms with E-state index in [-0.39, 0.29) is 0 Å². The molecule has 0 saturated carbocycles. The first-order valence-electron chi connectivity index (χ1n) is 5.81. The van der Waals surface area contributed by atoms with Crippen molar-refractivity contribution in [2.75, 3.05) is 0 Å². The molecule has 0 heterocycles. The SMILES string of the molecule is CC(O)(Cc1ccc(Br)cc1Cl)c1ccccc1Cl. The van der Waals surface area contributed by atoms with Crippen LogP contribution in [-0.2, 0) is 12.0 Å². The van der Waals surface area contributed by atoms with Crippen LogP contribution in [0.15, 0.2) is 46.9 Å². The zero-order valence-electron chi connectivity index (χ0n) is 10.3. The monoisotopic (exact) mass is 358 g/mol. The topological polar surface area (TPSA) is 20.2 Å². The van der Waals surface area contributed by atoms with Gasteiger partial charge in [-0.2, -0.15) is 0 Å². The summed E-state index contributed by atoms with van der Waals surface area (Å²) in [5, 5.41) is 11.8. The van der Waals surface area contributed by atoms with E-state index in [4.69, 9.17) is 23.2 Å². The molecular weight excluding hydrogens is 347 g/mol. The molecule has 0 fully saturated rings. The lowest BCUT2D eigenvalue weighted by atomic mass is 9.89. The third kappa shape index (κ3) is 3.51. The number of hydrogen-bond donors (Lipinski definition) is 1. The Morgan fingerprint density at radius 3 is 2.42 bits per heavy atom. The maximum atomic E-state index is 10.7. The minimum atomic E-state index is -1.06. The summed E-state index contributed by atoms with van der Waals surface area (Å²) in [5.41, 5.74) is 0.529. The fourth-order valence-corrected chi connectivity index (χ4v) is 3.11. The number of hydrogen-bond acceptors (Lipinski definition) is 1. The highest BCUT2D eigenvalue weighted by Gasteiger charge is 2.26. The van der Waals surface area contributed by atoms with Gasteiger partial charge in [0.25, 0.3) is 0 Å². The first-order valence-corrected chi connectivity index (χ1v) is 7.36. The average Bonchev–Trinajstić information content (AvgIpc) is 2.33. The van der Waals surface area contributed by atoms with E-state index >= 15 is 0 Å². The Morgan fingerprint density at radius 1 is 1.11 bits per heavy atom. The van der Waals surface area contributed by atoms with Gasteiger partial charge in [0.1, 0.15) is 0 Å². The van der Waals surface area contributed by atoms with E-state index in [1.54, 1.807) is 13.0 Å². The second-order valence-corrected chi connectivity index (χ2v) is 6.40. The van der Waals surface area contributed by atoms with E-state index in [0.29, 0.717) is 22.0 Å². The zero-order chi connectivity index (χ0) is 14.0. The van der Waals surface area contributed by atoms with Crippen molar-refractivity contribution in [3.8, 4) is 0 Å². The minimum absolute atomic E-state index is 0.406. The summed E-state index contributed by atoms with van der Waals surface area (Å²) in [5.74, 6) is 0. The molecule has 0 saturated heterocycles. The number of benzene rings is 2. The first kappa shape index (κ1) is 14.9. The summed E-state index contributed by atoms with van der Waals surface area (Å²) >= 11 is 15.7. The Hall–Kier alpha value is -0.540. The van der Waals surface area contributed by atoms with Crippen LogP contribution in [0.1, 0.15) is 18.1 Å². The van der Waals surface area contributed by atoms with E-state index in [9.17, 15) is 5.11 Å². The van der Waals surface area contributed by atoms with Crippen LogP contribution < -0.4 is 0 Å². The van der Waals surface area contributed by atoms with Gasteiger partial charge >= 0.3 is 0 Å². The molecule has 0 aliphatic heterocycles. The van der Waals surface area contributed by atoms with Gasteiger partial charge in [0.05, 0.1) is 5.60 Å². The maximum Gasteiger partial charge on any atom is 0.0923 e. The molecule has 19 heavy (non-hydrogen) atoms. The molecule has 0 radical (unpaired) electrons. The predicted octanol–water partition coefficient (Wildman–Crippen LogP) is 5.21. The van der Waals surface area contributed by atoms with Gasteiger partial charge in [-0.3, -0.25) is 0 Å². The summed E-state index contributed by atoms with van der Waals surface area (Å²) in [7, 11) is 0. The Balaban J connectivity index is 2.33. The van der Waals surface area contributed by atoms with Crippen molar-refractivity contribution < 1.29 is 5.11 Å². The third-order valence-corrected chi connectivity index (χ3v) is 4.18. The normalized spacial score (nSPS) is 14.2. The van der Waals surface area contributed by atoms with E-state index in [1.807, 2.05) is 36.4 Å². The first-order chi connectivity index (χ1) is 8.90. The van der Waals surface area contributed by atoms with E-state index < -0.39 is 5.60 Å². The van der Waals surface area contributed by atoms with Crippen LogP contribution in [0.5, 0.6) is 0 Å². The molecule has 4 heteroatoms. The molecule has 0 bridgehead atoms. The summed E-state index contributed by atoms with van der Waals surface area (Å²) in [6.45, 7) is 1.74. The lowest BCUT2D eigenvalue weighted by Gasteiger charge is -2.25. The fourth-order valence-electron chi connectivity index (χ4n) is 2.03. The van der Waals surface area contributed by atoms with Crippen molar-refractivity contribution in [2.45, 2.75) is 18.9 Å². The van der Waals surface area contributed by atoms with Gasteiger partial charge in [0.15, 0.2) is 0 Å². The van der Waals surface area contributed by atoms with Crippen LogP contribution >= 0.6 is 39.1 Å². The predicted molar refractivity (Wildman–Crippen MR) is 83.9 cm³/mol. The molecule has 1 atom stereocenters. The Labute approximate surface area is 131 Å². The summed E-state index contributed by atoms with van der Waals surface area (Å²) in [4.78, 5) is 0. The van der Waals surface area contributed by atoms with Crippen molar-refractivity contribution >= 4 is 39.1 Å². The molecule has 100 valence electrons. The van der Waals surface area contributed by atoms with Gasteiger partial charge in [-0.1, -0.05) is 63.4 Å². The molecule has 2 aromatic carbocycles. The lowest BCUT2D eigenvalue weighted by Crippen LogP contribution is -2.24. The van der Waals surface area contributed by atoms with Crippen LogP contribution in [0, 0.1) is 0 Å². The second-order valence-electron chi connectivity index (χ2n) is 4.67. The number of rotatable bonds is 3. The minimum Gasteiger partial charge on any atom is -0.385 e. The van der Waals surface area contributed by atoms with Gasteiger partial charge in [-0.25, -0.2) is 0 Å². The highest BCUT2D eigenvalue weighted by atomic mass is 79.9. The van der Waals surface area contributed by atoms with E-state index in [1.165, 1.54) is 0 Å². The smallest absolute Gasteiger partial charge is 0.0923 e. The van der Waals surface area contributed by atoms with Gasteiger partial charge in [0.2, 0.25) is 0 Å². The Kier molecular flexibility index (Phi) is 4.57. The second kappa shape index (κ2) is 5.84. The lowest BCUT2D eigenvalue weighted by molar-refractivity contribution is 0.0577. The molecule has 1 unspecified atom stereocenters. The fraction of sp³-hybridized carbons (Fsp3) is 0.200. The van der Waals surface area contributed by atoms with Crippen molar-refractivity contribution in [3.63, 3.8) is 0 Å². The van der Waals surface area contributed by atoms with Crippen LogP contribution in [-0.4, -0.2) is 5.11 Å². The van der Waals surface area contributed by atoms with Gasteiger partial charge in [-0.15, -0.1) is 0 Å². The number of halogens is 3. The Bertz CT molecular complexity index is 596. The highest BCUT2D eigenvalue weighted by Crippen LogP contribution is 2.33. The third-order valence-electron chi connectivity index (χ3n) is 3.00. The van der Waals surface area contributed by atoms with Crippen LogP contribution in [0.3, 0.4) is 0 Å². The van der Waals surface area contributed by atoms with Gasteiger partial charge in [-0.05, 0) is 30.7 Å². The maximum absolute atomic E-state index is 10.7. The van der Waals surface area contributed by atoms with Gasteiger partial charge < -0.3 is 5.11 Å². The zero-order valence-corrected chi connectivity index (χ0v) is 13.4. The molecule has 2 aromatic rings. The van der Waals surface area contributed by atoms with Crippen molar-refractivity contribution in [1.82, 2.24) is 0 Å². The largest absolute Gasteiger partial charge is 0.385 e. The molecule has 0 aliphatic carbocycles. The molecular formula is C15H13BrCl2O. The van der Waals surface area contributed by atoms with Crippen molar-refractivity contribution in [1.29, 1.82) is 0 Å². The molecule has 1 N–H and O–H groups in total.